The smallest absolute Gasteiger partial charge is 0.224 e. The first-order valence-corrected chi connectivity index (χ1v) is 8.37. The summed E-state index contributed by atoms with van der Waals surface area (Å²) in [6, 6.07) is 7.46. The quantitative estimate of drug-likeness (QED) is 0.900. The Kier molecular flexibility index (Phi) is 4.87. The number of carbonyl (C=O) groups excluding carboxylic acids is 1. The van der Waals surface area contributed by atoms with E-state index >= 15 is 0 Å². The average molecular weight is 318 g/mol. The number of phenolic OH excluding ortho intramolecular Hbond substituents is 1. The maximum atomic E-state index is 12.0. The van der Waals surface area contributed by atoms with E-state index in [-0.39, 0.29) is 5.91 Å². The van der Waals surface area contributed by atoms with Crippen LogP contribution in [0.2, 0.25) is 0 Å². The largest absolute Gasteiger partial charge is 0.508 e. The summed E-state index contributed by atoms with van der Waals surface area (Å²) in [6.45, 7) is 5.46. The molecule has 1 aromatic rings. The van der Waals surface area contributed by atoms with Gasteiger partial charge in [0.2, 0.25) is 5.91 Å². The van der Waals surface area contributed by atoms with Crippen molar-refractivity contribution >= 4 is 5.91 Å². The summed E-state index contributed by atoms with van der Waals surface area (Å²) in [5, 5.41) is 9.34. The lowest BCUT2D eigenvalue weighted by Crippen LogP contribution is -2.61. The number of carbonyl (C=O) groups is 1. The van der Waals surface area contributed by atoms with E-state index in [0.717, 1.165) is 32.7 Å². The number of aromatic hydroxyl groups is 1. The third-order valence-corrected chi connectivity index (χ3v) is 5.18. The molecule has 126 valence electrons. The molecular weight excluding hydrogens is 292 g/mol. The van der Waals surface area contributed by atoms with Crippen LogP contribution in [0, 0.1) is 5.41 Å². The Morgan fingerprint density at radius 3 is 2.48 bits per heavy atom. The summed E-state index contributed by atoms with van der Waals surface area (Å²) in [6.07, 6.45) is 2.83. The summed E-state index contributed by atoms with van der Waals surface area (Å²) in [4.78, 5) is 16.4. The summed E-state index contributed by atoms with van der Waals surface area (Å²) < 4.78 is 4.98. The monoisotopic (exact) mass is 318 g/mol. The van der Waals surface area contributed by atoms with Gasteiger partial charge in [-0.15, -0.1) is 0 Å². The molecule has 3 rings (SSSR count). The molecule has 2 saturated heterocycles. The zero-order chi connectivity index (χ0) is 16.3. The third-order valence-electron chi connectivity index (χ3n) is 5.18. The number of hydrogen-bond acceptors (Lipinski definition) is 4. The first kappa shape index (κ1) is 16.3. The molecule has 0 saturated carbocycles. The molecule has 0 bridgehead atoms. The van der Waals surface area contributed by atoms with Gasteiger partial charge in [-0.2, -0.15) is 0 Å². The Labute approximate surface area is 137 Å². The van der Waals surface area contributed by atoms with Gasteiger partial charge in [0.05, 0.1) is 13.0 Å². The van der Waals surface area contributed by atoms with Crippen molar-refractivity contribution in [1.29, 1.82) is 0 Å². The molecule has 5 heteroatoms. The van der Waals surface area contributed by atoms with Crippen molar-refractivity contribution in [2.45, 2.75) is 25.8 Å². The predicted octanol–water partition coefficient (Wildman–Crippen LogP) is 1.85. The van der Waals surface area contributed by atoms with E-state index in [4.69, 9.17) is 4.74 Å². The van der Waals surface area contributed by atoms with Crippen LogP contribution < -0.4 is 0 Å². The molecule has 1 spiro atoms. The van der Waals surface area contributed by atoms with Gasteiger partial charge in [0.1, 0.15) is 5.75 Å². The van der Waals surface area contributed by atoms with Crippen LogP contribution in [-0.4, -0.2) is 60.7 Å². The summed E-state index contributed by atoms with van der Waals surface area (Å²) >= 11 is 0. The Morgan fingerprint density at radius 1 is 1.22 bits per heavy atom. The van der Waals surface area contributed by atoms with Crippen LogP contribution in [0.1, 0.15) is 24.8 Å². The Bertz CT molecular complexity index is 528. The molecule has 0 aromatic heterocycles. The van der Waals surface area contributed by atoms with Gasteiger partial charge in [-0.05, 0) is 43.6 Å². The summed E-state index contributed by atoms with van der Waals surface area (Å²) in [5.74, 6) is 0.544. The molecule has 2 aliphatic rings. The Hall–Kier alpha value is -1.59. The Balaban J connectivity index is 1.43. The second kappa shape index (κ2) is 6.89. The molecule has 0 aliphatic carbocycles. The van der Waals surface area contributed by atoms with Gasteiger partial charge in [0, 0.05) is 32.2 Å². The lowest BCUT2D eigenvalue weighted by Gasteiger charge is -2.54. The number of ether oxygens (including phenoxy) is 1. The lowest BCUT2D eigenvalue weighted by atomic mass is 9.72. The number of amides is 1. The summed E-state index contributed by atoms with van der Waals surface area (Å²) in [7, 11) is 1.63. The van der Waals surface area contributed by atoms with Gasteiger partial charge in [-0.1, -0.05) is 12.1 Å². The molecule has 2 heterocycles. The zero-order valence-corrected chi connectivity index (χ0v) is 13.8. The van der Waals surface area contributed by atoms with Crippen molar-refractivity contribution < 1.29 is 14.6 Å². The normalized spacial score (nSPS) is 20.5. The van der Waals surface area contributed by atoms with Crippen LogP contribution >= 0.6 is 0 Å². The highest BCUT2D eigenvalue weighted by Gasteiger charge is 2.46. The minimum Gasteiger partial charge on any atom is -0.508 e. The first-order chi connectivity index (χ1) is 11.1. The van der Waals surface area contributed by atoms with E-state index in [1.165, 1.54) is 18.4 Å². The maximum absolute atomic E-state index is 12.0. The number of phenols is 1. The fourth-order valence-electron chi connectivity index (χ4n) is 3.65. The van der Waals surface area contributed by atoms with Gasteiger partial charge in [0.25, 0.3) is 0 Å². The number of piperidine rings is 1. The Morgan fingerprint density at radius 2 is 1.87 bits per heavy atom. The van der Waals surface area contributed by atoms with Gasteiger partial charge in [0.15, 0.2) is 0 Å². The van der Waals surface area contributed by atoms with Crippen LogP contribution in [0.25, 0.3) is 0 Å². The topological polar surface area (TPSA) is 53.0 Å². The van der Waals surface area contributed by atoms with E-state index in [0.29, 0.717) is 24.2 Å². The highest BCUT2D eigenvalue weighted by molar-refractivity contribution is 5.77. The van der Waals surface area contributed by atoms with E-state index in [1.54, 1.807) is 19.2 Å². The third kappa shape index (κ3) is 3.85. The molecule has 1 amide bonds. The molecule has 2 aliphatic heterocycles. The van der Waals surface area contributed by atoms with Crippen LogP contribution in [0.5, 0.6) is 5.75 Å². The fraction of sp³-hybridized carbons (Fsp3) is 0.611. The molecular formula is C18H26N2O3. The van der Waals surface area contributed by atoms with Gasteiger partial charge in [-0.25, -0.2) is 0 Å². The highest BCUT2D eigenvalue weighted by atomic mass is 16.5. The van der Waals surface area contributed by atoms with Crippen molar-refractivity contribution in [3.8, 4) is 5.75 Å². The standard InChI is InChI=1S/C18H26N2O3/c1-23-11-6-17(22)20-13-18(14-20)7-9-19(10-8-18)12-15-2-4-16(21)5-3-15/h2-5,21H,6-14H2,1H3. The lowest BCUT2D eigenvalue weighted by molar-refractivity contribution is -0.147. The first-order valence-electron chi connectivity index (χ1n) is 8.37. The van der Waals surface area contributed by atoms with Gasteiger partial charge < -0.3 is 14.7 Å². The minimum absolute atomic E-state index is 0.226. The molecule has 2 fully saturated rings. The predicted molar refractivity (Wildman–Crippen MR) is 88.1 cm³/mol. The van der Waals surface area contributed by atoms with Crippen LogP contribution in [0.4, 0.5) is 0 Å². The molecule has 0 radical (unpaired) electrons. The number of nitrogens with zero attached hydrogens (tertiary/aromatic N) is 2. The van der Waals surface area contributed by atoms with Crippen molar-refractivity contribution in [3.05, 3.63) is 29.8 Å². The van der Waals surface area contributed by atoms with Crippen LogP contribution in [0.15, 0.2) is 24.3 Å². The molecule has 0 unspecified atom stereocenters. The van der Waals surface area contributed by atoms with E-state index in [1.807, 2.05) is 17.0 Å². The van der Waals surface area contributed by atoms with E-state index < -0.39 is 0 Å². The molecule has 1 N–H and O–H groups in total. The van der Waals surface area contributed by atoms with E-state index in [9.17, 15) is 9.90 Å². The number of rotatable bonds is 5. The SMILES string of the molecule is COCCC(=O)N1CC2(CCN(Cc3ccc(O)cc3)CC2)C1. The second-order valence-corrected chi connectivity index (χ2v) is 6.94. The van der Waals surface area contributed by atoms with Crippen LogP contribution in [0.3, 0.4) is 0 Å². The van der Waals surface area contributed by atoms with Gasteiger partial charge in [-0.3, -0.25) is 9.69 Å². The molecule has 23 heavy (non-hydrogen) atoms. The second-order valence-electron chi connectivity index (χ2n) is 6.94. The molecule has 0 atom stereocenters. The van der Waals surface area contributed by atoms with Crippen LogP contribution in [-0.2, 0) is 16.1 Å². The maximum Gasteiger partial charge on any atom is 0.224 e. The van der Waals surface area contributed by atoms with E-state index in [2.05, 4.69) is 4.90 Å². The van der Waals surface area contributed by atoms with Crippen molar-refractivity contribution in [2.75, 3.05) is 39.9 Å². The fourth-order valence-corrected chi connectivity index (χ4v) is 3.65. The number of methoxy groups -OCH3 is 1. The number of likely N-dealkylation sites (tertiary alicyclic amines) is 2. The summed E-state index contributed by atoms with van der Waals surface area (Å²) in [5.41, 5.74) is 1.59. The minimum atomic E-state index is 0.226. The average Bonchev–Trinajstić information content (AvgIpc) is 2.53. The van der Waals surface area contributed by atoms with Crippen molar-refractivity contribution in [2.24, 2.45) is 5.41 Å². The van der Waals surface area contributed by atoms with Crippen molar-refractivity contribution in [1.82, 2.24) is 9.80 Å². The van der Waals surface area contributed by atoms with Gasteiger partial charge >= 0.3 is 0 Å². The molecule has 5 nitrogen and oxygen atoms in total. The van der Waals surface area contributed by atoms with Crippen molar-refractivity contribution in [3.63, 3.8) is 0 Å². The molecule has 1 aromatic carbocycles. The number of hydrogen-bond donors (Lipinski definition) is 1. The highest BCUT2D eigenvalue weighted by Crippen LogP contribution is 2.40. The zero-order valence-electron chi connectivity index (χ0n) is 13.8. The number of benzene rings is 1.